The first kappa shape index (κ1) is 26.5. The van der Waals surface area contributed by atoms with Crippen molar-refractivity contribution in [3.63, 3.8) is 0 Å². The van der Waals surface area contributed by atoms with Gasteiger partial charge in [-0.1, -0.05) is 55.5 Å². The number of rotatable bonds is 6. The molecule has 0 amide bonds. The lowest BCUT2D eigenvalue weighted by molar-refractivity contribution is -0.222. The Balaban J connectivity index is 1.51. The lowest BCUT2D eigenvalue weighted by Gasteiger charge is -2.62. The third kappa shape index (κ3) is 3.52. The highest BCUT2D eigenvalue weighted by Gasteiger charge is 2.76. The van der Waals surface area contributed by atoms with E-state index >= 15 is 4.39 Å². The van der Waals surface area contributed by atoms with Gasteiger partial charge in [-0.15, -0.1) is 11.6 Å². The number of alkyl halides is 2. The molecular formula is C30H34ClFO5. The molecule has 5 nitrogen and oxygen atoms in total. The number of carbonyl (C=O) groups excluding carboxylic acids is 2. The van der Waals surface area contributed by atoms with E-state index in [1.165, 1.54) is 12.2 Å². The molecule has 0 aromatic heterocycles. The van der Waals surface area contributed by atoms with Crippen molar-refractivity contribution in [3.05, 3.63) is 66.3 Å². The van der Waals surface area contributed by atoms with Crippen molar-refractivity contribution < 1.29 is 28.9 Å². The van der Waals surface area contributed by atoms with E-state index in [1.807, 2.05) is 30.3 Å². The number of allylic oxidation sites excluding steroid dienone is 4. The molecule has 0 heterocycles. The fourth-order valence-electron chi connectivity index (χ4n) is 7.95. The van der Waals surface area contributed by atoms with Gasteiger partial charge in [0.15, 0.2) is 22.8 Å². The van der Waals surface area contributed by atoms with Gasteiger partial charge in [-0.3, -0.25) is 9.59 Å². The quantitative estimate of drug-likeness (QED) is 0.527. The van der Waals surface area contributed by atoms with Gasteiger partial charge in [0.1, 0.15) is 0 Å². The molecule has 2 N–H and O–H groups in total. The molecule has 7 heteroatoms. The molecule has 0 aliphatic heterocycles. The normalized spacial score (nSPS) is 42.4. The van der Waals surface area contributed by atoms with Crippen LogP contribution in [-0.4, -0.2) is 57.7 Å². The van der Waals surface area contributed by atoms with Gasteiger partial charge in [0, 0.05) is 16.7 Å². The highest BCUT2D eigenvalue weighted by molar-refractivity contribution is 6.29. The molecule has 37 heavy (non-hydrogen) atoms. The summed E-state index contributed by atoms with van der Waals surface area (Å²) in [6, 6.07) is 9.49. The van der Waals surface area contributed by atoms with Crippen molar-refractivity contribution in [3.8, 4) is 0 Å². The summed E-state index contributed by atoms with van der Waals surface area (Å²) in [6.07, 6.45) is 3.07. The monoisotopic (exact) mass is 528 g/mol. The van der Waals surface area contributed by atoms with Crippen LogP contribution in [0.3, 0.4) is 0 Å². The van der Waals surface area contributed by atoms with E-state index in [-0.39, 0.29) is 25.2 Å². The number of aliphatic hydroxyl groups excluding tert-OH is 1. The van der Waals surface area contributed by atoms with Crippen LogP contribution in [0.15, 0.2) is 60.7 Å². The maximum absolute atomic E-state index is 17.4. The van der Waals surface area contributed by atoms with Gasteiger partial charge in [0.2, 0.25) is 0 Å². The molecule has 3 fully saturated rings. The molecule has 8 atom stereocenters. The standard InChI is InChI=1S/C30H34ClFO5/c1-18(19-7-5-4-6-8-19)17-37-26-14-23-22-10-9-20-13-21(33)11-12-27(20,2)29(22,32)24(34)15-28(23,3)30(26,36)25(35)16-31/h4-8,11-13,22-24,26,34,36H,1,9-10,14-17H2,2-3H3/t22-,23-,24-,26+,27-,28-,29-,30+/m0/s1. The van der Waals surface area contributed by atoms with Crippen LogP contribution in [0.1, 0.15) is 45.1 Å². The lowest BCUT2D eigenvalue weighted by Crippen LogP contribution is -2.69. The molecule has 0 unspecified atom stereocenters. The first-order chi connectivity index (χ1) is 17.4. The van der Waals surface area contributed by atoms with Crippen LogP contribution >= 0.6 is 11.6 Å². The Bertz CT molecular complexity index is 1200. The molecule has 4 aliphatic rings. The topological polar surface area (TPSA) is 83.8 Å². The summed E-state index contributed by atoms with van der Waals surface area (Å²) in [6.45, 7) is 7.68. The average molecular weight is 529 g/mol. The Morgan fingerprint density at radius 1 is 1.24 bits per heavy atom. The molecule has 5 rings (SSSR count). The fraction of sp³-hybridized carbons (Fsp3) is 0.533. The first-order valence-corrected chi connectivity index (χ1v) is 13.4. The highest BCUT2D eigenvalue weighted by Crippen LogP contribution is 2.70. The summed E-state index contributed by atoms with van der Waals surface area (Å²) < 4.78 is 23.6. The van der Waals surface area contributed by atoms with Crippen molar-refractivity contribution in [2.75, 3.05) is 12.5 Å². The number of hydrogen-bond donors (Lipinski definition) is 2. The SMILES string of the molecule is C=C(CO[C@@H]1C[C@H]2[C@@H]3CCC4=CC(=O)C=C[C@]4(C)[C@@]3(F)[C@@H](O)C[C@]2(C)[C@@]1(O)C(=O)CCl)c1ccccc1. The van der Waals surface area contributed by atoms with E-state index in [9.17, 15) is 19.8 Å². The number of hydrogen-bond acceptors (Lipinski definition) is 5. The van der Waals surface area contributed by atoms with Gasteiger partial charge in [0.05, 0.1) is 24.7 Å². The third-order valence-corrected chi connectivity index (χ3v) is 10.3. The molecule has 0 bridgehead atoms. The van der Waals surface area contributed by atoms with Crippen LogP contribution in [-0.2, 0) is 14.3 Å². The van der Waals surface area contributed by atoms with Gasteiger partial charge >= 0.3 is 0 Å². The Kier molecular flexibility index (Phi) is 6.43. The van der Waals surface area contributed by atoms with Gasteiger partial charge in [-0.2, -0.15) is 0 Å². The Labute approximate surface area is 222 Å². The van der Waals surface area contributed by atoms with Crippen molar-refractivity contribution in [2.45, 2.75) is 63.0 Å². The molecule has 0 radical (unpaired) electrons. The van der Waals surface area contributed by atoms with Crippen molar-refractivity contribution in [1.82, 2.24) is 0 Å². The second kappa shape index (κ2) is 8.98. The molecule has 3 saturated carbocycles. The fourth-order valence-corrected chi connectivity index (χ4v) is 8.15. The number of ether oxygens (including phenoxy) is 1. The Morgan fingerprint density at radius 3 is 2.62 bits per heavy atom. The second-order valence-electron chi connectivity index (χ2n) is 11.6. The van der Waals surface area contributed by atoms with Gasteiger partial charge in [0.25, 0.3) is 0 Å². The summed E-state index contributed by atoms with van der Waals surface area (Å²) in [5.41, 5.74) is -4.10. The maximum atomic E-state index is 17.4. The number of halogens is 2. The summed E-state index contributed by atoms with van der Waals surface area (Å²) in [5.74, 6) is -2.28. The van der Waals surface area contributed by atoms with E-state index in [0.717, 1.165) is 5.56 Å². The number of carbonyl (C=O) groups is 2. The van der Waals surface area contributed by atoms with Gasteiger partial charge in [-0.05, 0) is 61.8 Å². The summed E-state index contributed by atoms with van der Waals surface area (Å²) >= 11 is 6.00. The predicted molar refractivity (Wildman–Crippen MR) is 140 cm³/mol. The van der Waals surface area contributed by atoms with Gasteiger partial charge < -0.3 is 14.9 Å². The van der Waals surface area contributed by atoms with E-state index in [2.05, 4.69) is 6.58 Å². The summed E-state index contributed by atoms with van der Waals surface area (Å²) in [5, 5.41) is 23.5. The molecule has 4 aliphatic carbocycles. The van der Waals surface area contributed by atoms with E-state index < -0.39 is 57.8 Å². The van der Waals surface area contributed by atoms with Crippen LogP contribution < -0.4 is 0 Å². The van der Waals surface area contributed by atoms with Crippen molar-refractivity contribution in [2.24, 2.45) is 22.7 Å². The minimum atomic E-state index is -2.06. The third-order valence-electron chi connectivity index (χ3n) is 10.0. The minimum Gasteiger partial charge on any atom is -0.390 e. The number of aliphatic hydroxyl groups is 2. The van der Waals surface area contributed by atoms with Gasteiger partial charge in [-0.25, -0.2) is 4.39 Å². The van der Waals surface area contributed by atoms with E-state index in [1.54, 1.807) is 19.9 Å². The van der Waals surface area contributed by atoms with Crippen molar-refractivity contribution in [1.29, 1.82) is 0 Å². The molecule has 1 aromatic rings. The Morgan fingerprint density at radius 2 is 1.95 bits per heavy atom. The zero-order chi connectivity index (χ0) is 26.8. The zero-order valence-corrected chi connectivity index (χ0v) is 22.0. The van der Waals surface area contributed by atoms with E-state index in [4.69, 9.17) is 16.3 Å². The second-order valence-corrected chi connectivity index (χ2v) is 11.9. The number of ketones is 2. The average Bonchev–Trinajstić information content (AvgIpc) is 3.11. The number of benzene rings is 1. The van der Waals surface area contributed by atoms with Crippen LogP contribution in [0.2, 0.25) is 0 Å². The minimum absolute atomic E-state index is 0.0821. The Hall–Kier alpha value is -2.12. The smallest absolute Gasteiger partial charge is 0.182 e. The van der Waals surface area contributed by atoms with Crippen LogP contribution in [0, 0.1) is 22.7 Å². The van der Waals surface area contributed by atoms with E-state index in [0.29, 0.717) is 24.0 Å². The molecule has 0 spiro atoms. The predicted octanol–water partition coefficient (Wildman–Crippen LogP) is 4.60. The summed E-state index contributed by atoms with van der Waals surface area (Å²) in [4.78, 5) is 25.3. The maximum Gasteiger partial charge on any atom is 0.182 e. The first-order valence-electron chi connectivity index (χ1n) is 12.9. The summed E-state index contributed by atoms with van der Waals surface area (Å²) in [7, 11) is 0. The molecule has 198 valence electrons. The molecule has 0 saturated heterocycles. The zero-order valence-electron chi connectivity index (χ0n) is 21.3. The lowest BCUT2D eigenvalue weighted by atomic mass is 9.44. The van der Waals surface area contributed by atoms with Crippen LogP contribution in [0.5, 0.6) is 0 Å². The number of fused-ring (bicyclic) bond motifs is 5. The highest BCUT2D eigenvalue weighted by atomic mass is 35.5. The van der Waals surface area contributed by atoms with Crippen molar-refractivity contribution >= 4 is 28.7 Å². The van der Waals surface area contributed by atoms with Crippen LogP contribution in [0.4, 0.5) is 4.39 Å². The molecular weight excluding hydrogens is 495 g/mol. The largest absolute Gasteiger partial charge is 0.390 e. The molecule has 1 aromatic carbocycles. The van der Waals surface area contributed by atoms with Crippen LogP contribution in [0.25, 0.3) is 5.57 Å². The number of Topliss-reactive ketones (excluding diaryl/α,β-unsaturated/α-hetero) is 1.